The number of ketones is 1. The van der Waals surface area contributed by atoms with Gasteiger partial charge in [-0.1, -0.05) is 51.3 Å². The lowest BCUT2D eigenvalue weighted by molar-refractivity contribution is 0.104. The van der Waals surface area contributed by atoms with Crippen molar-refractivity contribution in [3.63, 3.8) is 0 Å². The molecule has 0 fully saturated rings. The first-order chi connectivity index (χ1) is 11.9. The van der Waals surface area contributed by atoms with Crippen molar-refractivity contribution in [3.05, 3.63) is 86.3 Å². The van der Waals surface area contributed by atoms with E-state index in [2.05, 4.69) is 15.9 Å². The normalized spacial score (nSPS) is 11.2. The summed E-state index contributed by atoms with van der Waals surface area (Å²) >= 11 is 14.9. The van der Waals surface area contributed by atoms with Crippen LogP contribution in [0.2, 0.25) is 10.0 Å². The lowest BCUT2D eigenvalue weighted by atomic mass is 10.1. The van der Waals surface area contributed by atoms with Crippen LogP contribution in [0.5, 0.6) is 0 Å². The Morgan fingerprint density at radius 1 is 1.04 bits per heavy atom. The van der Waals surface area contributed by atoms with Gasteiger partial charge in [0.25, 0.3) is 0 Å². The maximum absolute atomic E-state index is 13.5. The number of halogens is 4. The van der Waals surface area contributed by atoms with Gasteiger partial charge in [-0.15, -0.1) is 0 Å². The molecule has 3 rings (SSSR count). The molecule has 6 heteroatoms. The highest BCUT2D eigenvalue weighted by atomic mass is 79.9. The van der Waals surface area contributed by atoms with E-state index in [0.29, 0.717) is 11.5 Å². The van der Waals surface area contributed by atoms with E-state index in [4.69, 9.17) is 27.6 Å². The van der Waals surface area contributed by atoms with E-state index in [9.17, 15) is 9.18 Å². The Bertz CT molecular complexity index is 962. The number of carbonyl (C=O) groups is 1. The van der Waals surface area contributed by atoms with Gasteiger partial charge in [-0.05, 0) is 48.6 Å². The third kappa shape index (κ3) is 4.21. The summed E-state index contributed by atoms with van der Waals surface area (Å²) in [5, 5.41) is -0.0354. The SMILES string of the molecule is O=C(/C=C/c1ccc(-c2ccc(Br)cc2)o1)c1cc(F)c(Cl)cc1Cl. The zero-order valence-electron chi connectivity index (χ0n) is 12.6. The Morgan fingerprint density at radius 3 is 2.48 bits per heavy atom. The molecule has 0 bridgehead atoms. The van der Waals surface area contributed by atoms with Gasteiger partial charge in [-0.2, -0.15) is 0 Å². The summed E-state index contributed by atoms with van der Waals surface area (Å²) < 4.78 is 20.2. The third-order valence-electron chi connectivity index (χ3n) is 3.43. The van der Waals surface area contributed by atoms with Crippen LogP contribution in [0.4, 0.5) is 4.39 Å². The second-order valence-electron chi connectivity index (χ2n) is 5.15. The van der Waals surface area contributed by atoms with Crippen molar-refractivity contribution in [2.45, 2.75) is 0 Å². The molecule has 0 N–H and O–H groups in total. The molecule has 0 aliphatic heterocycles. The second-order valence-corrected chi connectivity index (χ2v) is 6.88. The molecule has 3 aromatic rings. The molecule has 0 radical (unpaired) electrons. The van der Waals surface area contributed by atoms with Crippen molar-refractivity contribution in [1.29, 1.82) is 0 Å². The molecule has 2 aromatic carbocycles. The van der Waals surface area contributed by atoms with Gasteiger partial charge in [-0.25, -0.2) is 4.39 Å². The van der Waals surface area contributed by atoms with E-state index in [0.717, 1.165) is 16.1 Å². The van der Waals surface area contributed by atoms with Gasteiger partial charge >= 0.3 is 0 Å². The second kappa shape index (κ2) is 7.56. The summed E-state index contributed by atoms with van der Waals surface area (Å²) in [6.45, 7) is 0. The highest BCUT2D eigenvalue weighted by Gasteiger charge is 2.12. The average molecular weight is 440 g/mol. The van der Waals surface area contributed by atoms with Gasteiger partial charge in [-0.3, -0.25) is 4.79 Å². The minimum Gasteiger partial charge on any atom is -0.457 e. The van der Waals surface area contributed by atoms with Crippen molar-refractivity contribution >= 4 is 51.0 Å². The smallest absolute Gasteiger partial charge is 0.187 e. The minimum absolute atomic E-state index is 0.0412. The molecule has 126 valence electrons. The first-order valence-electron chi connectivity index (χ1n) is 7.17. The van der Waals surface area contributed by atoms with E-state index >= 15 is 0 Å². The molecule has 0 atom stereocenters. The molecule has 0 amide bonds. The van der Waals surface area contributed by atoms with Crippen LogP contribution in [0.3, 0.4) is 0 Å². The van der Waals surface area contributed by atoms with E-state index in [1.807, 2.05) is 30.3 Å². The molecule has 0 saturated carbocycles. The third-order valence-corrected chi connectivity index (χ3v) is 4.56. The van der Waals surface area contributed by atoms with Gasteiger partial charge in [0.15, 0.2) is 5.78 Å². The fourth-order valence-corrected chi connectivity index (χ4v) is 2.91. The lowest BCUT2D eigenvalue weighted by Crippen LogP contribution is -1.97. The van der Waals surface area contributed by atoms with Crippen molar-refractivity contribution in [2.75, 3.05) is 0 Å². The number of hydrogen-bond donors (Lipinski definition) is 0. The molecule has 2 nitrogen and oxygen atoms in total. The molecular weight excluding hydrogens is 430 g/mol. The van der Waals surface area contributed by atoms with Crippen molar-refractivity contribution in [3.8, 4) is 11.3 Å². The van der Waals surface area contributed by atoms with E-state index in [-0.39, 0.29) is 15.6 Å². The Hall–Kier alpha value is -1.88. The Balaban J connectivity index is 1.80. The summed E-state index contributed by atoms with van der Waals surface area (Å²) in [6.07, 6.45) is 2.78. The molecule has 0 saturated heterocycles. The van der Waals surface area contributed by atoms with Crippen LogP contribution in [0.1, 0.15) is 16.1 Å². The van der Waals surface area contributed by atoms with Crippen molar-refractivity contribution in [1.82, 2.24) is 0 Å². The molecule has 0 unspecified atom stereocenters. The fourth-order valence-electron chi connectivity index (χ4n) is 2.17. The zero-order valence-corrected chi connectivity index (χ0v) is 15.7. The van der Waals surface area contributed by atoms with Crippen molar-refractivity contribution < 1.29 is 13.6 Å². The van der Waals surface area contributed by atoms with Crippen LogP contribution < -0.4 is 0 Å². The van der Waals surface area contributed by atoms with Gasteiger partial charge in [0.05, 0.1) is 10.0 Å². The predicted molar refractivity (Wildman–Crippen MR) is 102 cm³/mol. The highest BCUT2D eigenvalue weighted by Crippen LogP contribution is 2.26. The van der Waals surface area contributed by atoms with Gasteiger partial charge in [0.2, 0.25) is 0 Å². The number of furan rings is 1. The predicted octanol–water partition coefficient (Wildman–Crippen LogP) is 7.05. The molecule has 1 heterocycles. The van der Waals surface area contributed by atoms with Crippen LogP contribution in [0.15, 0.2) is 63.5 Å². The largest absolute Gasteiger partial charge is 0.457 e. The molecule has 0 spiro atoms. The first-order valence-corrected chi connectivity index (χ1v) is 8.71. The van der Waals surface area contributed by atoms with Crippen LogP contribution >= 0.6 is 39.1 Å². The first kappa shape index (κ1) is 17.9. The number of allylic oxidation sites excluding steroid dienone is 1. The molecule has 1 aromatic heterocycles. The molecule has 0 aliphatic carbocycles. The monoisotopic (exact) mass is 438 g/mol. The molecular formula is C19H10BrCl2FO2. The Kier molecular flexibility index (Phi) is 5.42. The maximum atomic E-state index is 13.5. The van der Waals surface area contributed by atoms with Gasteiger partial charge in [0, 0.05) is 15.6 Å². The molecule has 0 aliphatic rings. The topological polar surface area (TPSA) is 30.2 Å². The standard InChI is InChI=1S/C19H10BrCl2FO2/c20-12-3-1-11(2-4-12)19-8-6-13(25-19)5-7-18(24)14-9-17(23)16(22)10-15(14)21/h1-10H/b7-5+. The zero-order chi connectivity index (χ0) is 18.0. The van der Waals surface area contributed by atoms with Crippen LogP contribution in [-0.2, 0) is 0 Å². The fraction of sp³-hybridized carbons (Fsp3) is 0. The van der Waals surface area contributed by atoms with E-state index in [1.165, 1.54) is 18.2 Å². The quantitative estimate of drug-likeness (QED) is 0.247. The summed E-state index contributed by atoms with van der Waals surface area (Å²) in [4.78, 5) is 12.2. The number of rotatable bonds is 4. The van der Waals surface area contributed by atoms with Crippen LogP contribution in [0, 0.1) is 5.82 Å². The summed E-state index contributed by atoms with van der Waals surface area (Å²) in [6, 6.07) is 13.4. The van der Waals surface area contributed by atoms with Crippen LogP contribution in [0.25, 0.3) is 17.4 Å². The highest BCUT2D eigenvalue weighted by molar-refractivity contribution is 9.10. The van der Waals surface area contributed by atoms with E-state index < -0.39 is 11.6 Å². The van der Waals surface area contributed by atoms with Crippen molar-refractivity contribution in [2.24, 2.45) is 0 Å². The Labute approximate surface area is 162 Å². The molecule has 25 heavy (non-hydrogen) atoms. The summed E-state index contributed by atoms with van der Waals surface area (Å²) in [7, 11) is 0. The lowest BCUT2D eigenvalue weighted by Gasteiger charge is -2.01. The summed E-state index contributed by atoms with van der Waals surface area (Å²) in [5.74, 6) is 0.0347. The average Bonchev–Trinajstić information content (AvgIpc) is 3.05. The van der Waals surface area contributed by atoms with Crippen LogP contribution in [-0.4, -0.2) is 5.78 Å². The maximum Gasteiger partial charge on any atom is 0.187 e. The number of hydrogen-bond acceptors (Lipinski definition) is 2. The minimum atomic E-state index is -0.696. The number of carbonyl (C=O) groups excluding carboxylic acids is 1. The van der Waals surface area contributed by atoms with Gasteiger partial charge < -0.3 is 4.42 Å². The van der Waals surface area contributed by atoms with Gasteiger partial charge in [0.1, 0.15) is 17.3 Å². The van der Waals surface area contributed by atoms with E-state index in [1.54, 1.807) is 6.07 Å². The number of benzene rings is 2. The summed E-state index contributed by atoms with van der Waals surface area (Å²) in [5.41, 5.74) is 0.955. The Morgan fingerprint density at radius 2 is 1.76 bits per heavy atom.